The minimum atomic E-state index is -0.577. The Bertz CT molecular complexity index is 734. The Labute approximate surface area is 141 Å². The molecule has 1 aliphatic rings. The SMILES string of the molecule is CCOC(=O)C1=C(C)NC(C)=C(C(=O)OC)C1c1cccnc1C. The fraction of sp³-hybridized carbons (Fsp3) is 0.389. The fourth-order valence-electron chi connectivity index (χ4n) is 2.97. The van der Waals surface area contributed by atoms with E-state index in [4.69, 9.17) is 9.47 Å². The molecular formula is C18H22N2O4. The maximum atomic E-state index is 12.6. The summed E-state index contributed by atoms with van der Waals surface area (Å²) in [4.78, 5) is 29.2. The molecular weight excluding hydrogens is 308 g/mol. The van der Waals surface area contributed by atoms with E-state index >= 15 is 0 Å². The number of hydrogen-bond acceptors (Lipinski definition) is 6. The maximum Gasteiger partial charge on any atom is 0.336 e. The number of nitrogens with one attached hydrogen (secondary N) is 1. The molecule has 1 aliphatic heterocycles. The second-order valence-corrected chi connectivity index (χ2v) is 5.53. The minimum absolute atomic E-state index is 0.255. The van der Waals surface area contributed by atoms with E-state index in [0.29, 0.717) is 22.5 Å². The molecule has 128 valence electrons. The standard InChI is InChI=1S/C18H22N2O4/c1-6-24-18(22)15-12(4)20-11(3)14(17(21)23-5)16(15)13-8-7-9-19-10(13)2/h7-9,16,20H,6H2,1-5H3. The highest BCUT2D eigenvalue weighted by molar-refractivity contribution is 5.99. The van der Waals surface area contributed by atoms with Gasteiger partial charge in [0.1, 0.15) is 0 Å². The quantitative estimate of drug-likeness (QED) is 0.854. The molecule has 1 aromatic heterocycles. The Morgan fingerprint density at radius 3 is 2.33 bits per heavy atom. The lowest BCUT2D eigenvalue weighted by Gasteiger charge is -2.30. The van der Waals surface area contributed by atoms with Crippen molar-refractivity contribution in [2.45, 2.75) is 33.6 Å². The minimum Gasteiger partial charge on any atom is -0.466 e. The van der Waals surface area contributed by atoms with Crippen molar-refractivity contribution < 1.29 is 19.1 Å². The Kier molecular flexibility index (Phi) is 5.39. The highest BCUT2D eigenvalue weighted by Gasteiger charge is 2.38. The molecule has 0 radical (unpaired) electrons. The van der Waals surface area contributed by atoms with E-state index in [1.165, 1.54) is 7.11 Å². The van der Waals surface area contributed by atoms with Gasteiger partial charge in [-0.3, -0.25) is 4.98 Å². The predicted octanol–water partition coefficient (Wildman–Crippen LogP) is 2.36. The summed E-state index contributed by atoms with van der Waals surface area (Å²) in [5, 5.41) is 3.09. The number of aryl methyl sites for hydroxylation is 1. The first-order valence-electron chi connectivity index (χ1n) is 7.77. The molecule has 0 saturated carbocycles. The first-order chi connectivity index (χ1) is 11.4. The average Bonchev–Trinajstić information content (AvgIpc) is 2.54. The number of rotatable bonds is 4. The lowest BCUT2D eigenvalue weighted by molar-refractivity contribution is -0.139. The van der Waals surface area contributed by atoms with Crippen LogP contribution >= 0.6 is 0 Å². The van der Waals surface area contributed by atoms with Crippen molar-refractivity contribution in [3.8, 4) is 0 Å². The summed E-state index contributed by atoms with van der Waals surface area (Å²) in [5.74, 6) is -1.52. The maximum absolute atomic E-state index is 12.6. The van der Waals surface area contributed by atoms with Crippen molar-refractivity contribution in [2.24, 2.45) is 0 Å². The van der Waals surface area contributed by atoms with E-state index in [-0.39, 0.29) is 6.61 Å². The Hall–Kier alpha value is -2.63. The number of dihydropyridines is 1. The van der Waals surface area contributed by atoms with E-state index in [1.54, 1.807) is 33.0 Å². The number of carbonyl (C=O) groups is 2. The summed E-state index contributed by atoms with van der Waals surface area (Å²) in [5.41, 5.74) is 3.63. The van der Waals surface area contributed by atoms with Crippen LogP contribution < -0.4 is 5.32 Å². The molecule has 1 atom stereocenters. The summed E-state index contributed by atoms with van der Waals surface area (Å²) in [7, 11) is 1.32. The zero-order valence-electron chi connectivity index (χ0n) is 14.6. The number of methoxy groups -OCH3 is 1. The van der Waals surface area contributed by atoms with Crippen LogP contribution in [0.1, 0.15) is 37.9 Å². The first kappa shape index (κ1) is 17.7. The van der Waals surface area contributed by atoms with Gasteiger partial charge in [0.2, 0.25) is 0 Å². The van der Waals surface area contributed by atoms with Gasteiger partial charge in [-0.2, -0.15) is 0 Å². The third-order valence-corrected chi connectivity index (χ3v) is 4.02. The number of esters is 2. The number of hydrogen-bond donors (Lipinski definition) is 1. The first-order valence-corrected chi connectivity index (χ1v) is 7.77. The molecule has 0 aliphatic carbocycles. The molecule has 24 heavy (non-hydrogen) atoms. The zero-order chi connectivity index (χ0) is 17.9. The van der Waals surface area contributed by atoms with E-state index in [2.05, 4.69) is 10.3 Å². The van der Waals surface area contributed by atoms with Crippen LogP contribution in [0.5, 0.6) is 0 Å². The van der Waals surface area contributed by atoms with Crippen molar-refractivity contribution in [3.63, 3.8) is 0 Å². The Morgan fingerprint density at radius 1 is 1.17 bits per heavy atom. The molecule has 0 spiro atoms. The van der Waals surface area contributed by atoms with E-state index in [0.717, 1.165) is 11.3 Å². The van der Waals surface area contributed by atoms with E-state index in [1.807, 2.05) is 13.0 Å². The highest BCUT2D eigenvalue weighted by atomic mass is 16.5. The van der Waals surface area contributed by atoms with Crippen molar-refractivity contribution in [3.05, 3.63) is 52.1 Å². The van der Waals surface area contributed by atoms with Crippen LogP contribution in [0.25, 0.3) is 0 Å². The molecule has 0 aromatic carbocycles. The van der Waals surface area contributed by atoms with Gasteiger partial charge in [-0.15, -0.1) is 0 Å². The van der Waals surface area contributed by atoms with Crippen molar-refractivity contribution >= 4 is 11.9 Å². The smallest absolute Gasteiger partial charge is 0.336 e. The molecule has 1 unspecified atom stereocenters. The van der Waals surface area contributed by atoms with Crippen LogP contribution in [0, 0.1) is 6.92 Å². The van der Waals surface area contributed by atoms with Crippen LogP contribution in [-0.2, 0) is 19.1 Å². The average molecular weight is 330 g/mol. The van der Waals surface area contributed by atoms with Gasteiger partial charge in [-0.05, 0) is 39.3 Å². The number of carbonyl (C=O) groups excluding carboxylic acids is 2. The summed E-state index contributed by atoms with van der Waals surface area (Å²) in [6.45, 7) is 7.43. The molecule has 2 heterocycles. The van der Waals surface area contributed by atoms with E-state index in [9.17, 15) is 9.59 Å². The zero-order valence-corrected chi connectivity index (χ0v) is 14.6. The van der Waals surface area contributed by atoms with Gasteiger partial charge < -0.3 is 14.8 Å². The lowest BCUT2D eigenvalue weighted by atomic mass is 9.80. The Morgan fingerprint density at radius 2 is 1.79 bits per heavy atom. The van der Waals surface area contributed by atoms with Crippen molar-refractivity contribution in [1.29, 1.82) is 0 Å². The van der Waals surface area contributed by atoms with Gasteiger partial charge in [0.25, 0.3) is 0 Å². The molecule has 6 nitrogen and oxygen atoms in total. The summed E-state index contributed by atoms with van der Waals surface area (Å²) in [6, 6.07) is 3.65. The molecule has 0 amide bonds. The summed E-state index contributed by atoms with van der Waals surface area (Å²) >= 11 is 0. The van der Waals surface area contributed by atoms with Gasteiger partial charge in [0.05, 0.1) is 30.8 Å². The number of aromatic nitrogens is 1. The van der Waals surface area contributed by atoms with Gasteiger partial charge in [-0.25, -0.2) is 9.59 Å². The van der Waals surface area contributed by atoms with E-state index < -0.39 is 17.9 Å². The fourth-order valence-corrected chi connectivity index (χ4v) is 2.97. The number of pyridine rings is 1. The number of allylic oxidation sites excluding steroid dienone is 2. The highest BCUT2D eigenvalue weighted by Crippen LogP contribution is 2.39. The molecule has 0 saturated heterocycles. The molecule has 1 N–H and O–H groups in total. The van der Waals surface area contributed by atoms with Crippen LogP contribution in [-0.4, -0.2) is 30.6 Å². The molecule has 2 rings (SSSR count). The molecule has 1 aromatic rings. The van der Waals surface area contributed by atoms with Gasteiger partial charge >= 0.3 is 11.9 Å². The predicted molar refractivity (Wildman–Crippen MR) is 88.9 cm³/mol. The lowest BCUT2D eigenvalue weighted by Crippen LogP contribution is -2.32. The second kappa shape index (κ2) is 7.29. The number of ether oxygens (including phenoxy) is 2. The van der Waals surface area contributed by atoms with Gasteiger partial charge in [-0.1, -0.05) is 6.07 Å². The van der Waals surface area contributed by atoms with Crippen molar-refractivity contribution in [2.75, 3.05) is 13.7 Å². The van der Waals surface area contributed by atoms with Crippen LogP contribution in [0.4, 0.5) is 0 Å². The molecule has 0 bridgehead atoms. The topological polar surface area (TPSA) is 77.5 Å². The van der Waals surface area contributed by atoms with Gasteiger partial charge in [0.15, 0.2) is 0 Å². The third kappa shape index (κ3) is 3.18. The molecule has 6 heteroatoms. The largest absolute Gasteiger partial charge is 0.466 e. The number of nitrogens with zero attached hydrogens (tertiary/aromatic N) is 1. The van der Waals surface area contributed by atoms with Crippen LogP contribution in [0.2, 0.25) is 0 Å². The van der Waals surface area contributed by atoms with Crippen LogP contribution in [0.3, 0.4) is 0 Å². The Balaban J connectivity index is 2.69. The van der Waals surface area contributed by atoms with Crippen molar-refractivity contribution in [1.82, 2.24) is 10.3 Å². The monoisotopic (exact) mass is 330 g/mol. The second-order valence-electron chi connectivity index (χ2n) is 5.53. The normalized spacial score (nSPS) is 17.5. The molecule has 0 fully saturated rings. The summed E-state index contributed by atoms with van der Waals surface area (Å²) in [6.07, 6.45) is 1.68. The van der Waals surface area contributed by atoms with Crippen LogP contribution in [0.15, 0.2) is 40.9 Å². The summed E-state index contributed by atoms with van der Waals surface area (Å²) < 4.78 is 10.2. The van der Waals surface area contributed by atoms with Gasteiger partial charge in [0, 0.05) is 23.3 Å². The third-order valence-electron chi connectivity index (χ3n) is 4.02.